The van der Waals surface area contributed by atoms with Crippen molar-refractivity contribution < 1.29 is 4.74 Å². The van der Waals surface area contributed by atoms with Gasteiger partial charge in [0, 0.05) is 30.8 Å². The SMILES string of the molecule is CC1(C)CNC2(CCCCC2)CN1CCCC1CCCO1. The molecule has 0 radical (unpaired) electrons. The van der Waals surface area contributed by atoms with Crippen LogP contribution in [0.25, 0.3) is 0 Å². The number of rotatable bonds is 4. The zero-order valence-electron chi connectivity index (χ0n) is 14.1. The zero-order valence-corrected chi connectivity index (χ0v) is 14.1. The van der Waals surface area contributed by atoms with Gasteiger partial charge in [0.25, 0.3) is 0 Å². The van der Waals surface area contributed by atoms with Gasteiger partial charge in [-0.15, -0.1) is 0 Å². The minimum absolute atomic E-state index is 0.305. The highest BCUT2D eigenvalue weighted by atomic mass is 16.5. The number of ether oxygens (including phenoxy) is 1. The Morgan fingerprint density at radius 1 is 1.14 bits per heavy atom. The van der Waals surface area contributed by atoms with E-state index in [1.807, 2.05) is 0 Å². The van der Waals surface area contributed by atoms with E-state index in [1.54, 1.807) is 0 Å². The monoisotopic (exact) mass is 294 g/mol. The Hall–Kier alpha value is -0.120. The number of hydrogen-bond donors (Lipinski definition) is 1. The van der Waals surface area contributed by atoms with Gasteiger partial charge in [-0.1, -0.05) is 19.3 Å². The molecule has 1 spiro atoms. The van der Waals surface area contributed by atoms with Crippen LogP contribution in [0.15, 0.2) is 0 Å². The quantitative estimate of drug-likeness (QED) is 0.861. The maximum absolute atomic E-state index is 5.77. The smallest absolute Gasteiger partial charge is 0.0576 e. The Labute approximate surface area is 130 Å². The summed E-state index contributed by atoms with van der Waals surface area (Å²) in [5.41, 5.74) is 0.733. The van der Waals surface area contributed by atoms with Gasteiger partial charge in [-0.3, -0.25) is 4.90 Å². The topological polar surface area (TPSA) is 24.5 Å². The Morgan fingerprint density at radius 3 is 2.67 bits per heavy atom. The lowest BCUT2D eigenvalue weighted by molar-refractivity contribution is 0.00662. The summed E-state index contributed by atoms with van der Waals surface area (Å²) in [6.07, 6.45) is 12.7. The molecule has 3 aliphatic rings. The Morgan fingerprint density at radius 2 is 1.95 bits per heavy atom. The molecule has 3 fully saturated rings. The van der Waals surface area contributed by atoms with Crippen molar-refractivity contribution in [3.63, 3.8) is 0 Å². The molecule has 2 aliphatic heterocycles. The molecule has 122 valence electrons. The summed E-state index contributed by atoms with van der Waals surface area (Å²) in [4.78, 5) is 2.77. The molecule has 3 rings (SSSR count). The predicted octanol–water partition coefficient (Wildman–Crippen LogP) is 3.33. The molecule has 0 aromatic heterocycles. The van der Waals surface area contributed by atoms with Crippen LogP contribution in [0.5, 0.6) is 0 Å². The van der Waals surface area contributed by atoms with Crippen molar-refractivity contribution in [2.75, 3.05) is 26.2 Å². The van der Waals surface area contributed by atoms with Crippen molar-refractivity contribution in [2.45, 2.75) is 88.8 Å². The first-order valence-electron chi connectivity index (χ1n) is 9.21. The predicted molar refractivity (Wildman–Crippen MR) is 87.7 cm³/mol. The van der Waals surface area contributed by atoms with Gasteiger partial charge >= 0.3 is 0 Å². The fraction of sp³-hybridized carbons (Fsp3) is 1.00. The fourth-order valence-electron chi connectivity index (χ4n) is 4.48. The van der Waals surface area contributed by atoms with Crippen LogP contribution < -0.4 is 5.32 Å². The molecule has 0 amide bonds. The maximum atomic E-state index is 5.77. The first kappa shape index (κ1) is 15.8. The molecule has 1 atom stereocenters. The molecule has 3 heteroatoms. The third-order valence-electron chi connectivity index (χ3n) is 6.03. The van der Waals surface area contributed by atoms with Crippen LogP contribution in [0, 0.1) is 0 Å². The highest BCUT2D eigenvalue weighted by molar-refractivity contribution is 5.03. The number of piperazine rings is 1. The molecular weight excluding hydrogens is 260 g/mol. The normalized spacial score (nSPS) is 32.6. The van der Waals surface area contributed by atoms with E-state index in [2.05, 4.69) is 24.1 Å². The van der Waals surface area contributed by atoms with Crippen molar-refractivity contribution in [1.82, 2.24) is 10.2 Å². The Balaban J connectivity index is 1.52. The third kappa shape index (κ3) is 3.80. The second-order valence-electron chi connectivity index (χ2n) is 8.21. The molecule has 2 heterocycles. The van der Waals surface area contributed by atoms with Crippen LogP contribution in [0.3, 0.4) is 0 Å². The maximum Gasteiger partial charge on any atom is 0.0576 e. The van der Waals surface area contributed by atoms with Gasteiger partial charge in [0.1, 0.15) is 0 Å². The first-order chi connectivity index (χ1) is 10.1. The van der Waals surface area contributed by atoms with Crippen molar-refractivity contribution in [2.24, 2.45) is 0 Å². The van der Waals surface area contributed by atoms with Crippen molar-refractivity contribution in [3.05, 3.63) is 0 Å². The third-order valence-corrected chi connectivity index (χ3v) is 6.03. The summed E-state index contributed by atoms with van der Waals surface area (Å²) in [6.45, 7) is 9.45. The Kier molecular flexibility index (Phi) is 4.92. The van der Waals surface area contributed by atoms with Gasteiger partial charge in [-0.2, -0.15) is 0 Å². The minimum atomic E-state index is 0.305. The van der Waals surface area contributed by atoms with Crippen LogP contribution in [0.1, 0.15) is 71.6 Å². The second-order valence-corrected chi connectivity index (χ2v) is 8.21. The first-order valence-corrected chi connectivity index (χ1v) is 9.21. The van der Waals surface area contributed by atoms with Crippen LogP contribution in [0.2, 0.25) is 0 Å². The average molecular weight is 294 g/mol. The van der Waals surface area contributed by atoms with Crippen LogP contribution in [0.4, 0.5) is 0 Å². The molecule has 0 aromatic rings. The molecule has 1 N–H and O–H groups in total. The van der Waals surface area contributed by atoms with Crippen molar-refractivity contribution in [1.29, 1.82) is 0 Å². The molecule has 0 bridgehead atoms. The standard InChI is InChI=1S/C18H34N2O/c1-17(2)14-19-18(10-4-3-5-11-18)15-20(17)12-6-8-16-9-7-13-21-16/h16,19H,3-15H2,1-2H3. The highest BCUT2D eigenvalue weighted by Crippen LogP contribution is 2.34. The summed E-state index contributed by atoms with van der Waals surface area (Å²) < 4.78 is 5.77. The van der Waals surface area contributed by atoms with Gasteiger partial charge in [-0.25, -0.2) is 0 Å². The fourth-order valence-corrected chi connectivity index (χ4v) is 4.48. The molecule has 1 saturated carbocycles. The van der Waals surface area contributed by atoms with Crippen LogP contribution in [-0.4, -0.2) is 48.3 Å². The van der Waals surface area contributed by atoms with Gasteiger partial charge in [0.05, 0.1) is 6.10 Å². The lowest BCUT2D eigenvalue weighted by Gasteiger charge is -2.53. The summed E-state index contributed by atoms with van der Waals surface area (Å²) in [6, 6.07) is 0. The van der Waals surface area contributed by atoms with Gasteiger partial charge < -0.3 is 10.1 Å². The minimum Gasteiger partial charge on any atom is -0.378 e. The molecule has 2 saturated heterocycles. The van der Waals surface area contributed by atoms with Crippen molar-refractivity contribution in [3.8, 4) is 0 Å². The van der Waals surface area contributed by atoms with E-state index in [-0.39, 0.29) is 0 Å². The largest absolute Gasteiger partial charge is 0.378 e. The van der Waals surface area contributed by atoms with E-state index >= 15 is 0 Å². The van der Waals surface area contributed by atoms with E-state index in [4.69, 9.17) is 4.74 Å². The number of hydrogen-bond acceptors (Lipinski definition) is 3. The lowest BCUT2D eigenvalue weighted by Crippen LogP contribution is -2.68. The summed E-state index contributed by atoms with van der Waals surface area (Å²) in [5, 5.41) is 3.92. The van der Waals surface area contributed by atoms with E-state index in [0.29, 0.717) is 17.2 Å². The summed E-state index contributed by atoms with van der Waals surface area (Å²) >= 11 is 0. The zero-order chi connectivity index (χ0) is 14.8. The van der Waals surface area contributed by atoms with Crippen molar-refractivity contribution >= 4 is 0 Å². The molecular formula is C18H34N2O. The summed E-state index contributed by atoms with van der Waals surface area (Å²) in [5.74, 6) is 0. The highest BCUT2D eigenvalue weighted by Gasteiger charge is 2.42. The van der Waals surface area contributed by atoms with E-state index in [0.717, 1.165) is 13.2 Å². The van der Waals surface area contributed by atoms with Gasteiger partial charge in [0.15, 0.2) is 0 Å². The molecule has 21 heavy (non-hydrogen) atoms. The van der Waals surface area contributed by atoms with Crippen LogP contribution in [-0.2, 0) is 4.74 Å². The number of nitrogens with zero attached hydrogens (tertiary/aromatic N) is 1. The van der Waals surface area contributed by atoms with Crippen LogP contribution >= 0.6 is 0 Å². The average Bonchev–Trinajstić information content (AvgIpc) is 2.98. The molecule has 1 aliphatic carbocycles. The summed E-state index contributed by atoms with van der Waals surface area (Å²) in [7, 11) is 0. The van der Waals surface area contributed by atoms with E-state index in [9.17, 15) is 0 Å². The Bertz CT molecular complexity index is 330. The van der Waals surface area contributed by atoms with E-state index < -0.39 is 0 Å². The molecule has 3 nitrogen and oxygen atoms in total. The van der Waals surface area contributed by atoms with Gasteiger partial charge in [-0.05, 0) is 58.9 Å². The molecule has 1 unspecified atom stereocenters. The molecule has 0 aromatic carbocycles. The van der Waals surface area contributed by atoms with Gasteiger partial charge in [0.2, 0.25) is 0 Å². The lowest BCUT2D eigenvalue weighted by atomic mass is 9.77. The number of nitrogens with one attached hydrogen (secondary N) is 1. The second kappa shape index (κ2) is 6.55. The van der Waals surface area contributed by atoms with E-state index in [1.165, 1.54) is 70.9 Å².